The van der Waals surface area contributed by atoms with Crippen LogP contribution in [0, 0.1) is 5.92 Å². The second-order valence-corrected chi connectivity index (χ2v) is 6.78. The standard InChI is InChI=1S/C20H27N3O5/c1-4-8-25-11-15(24)10-21-18(13(3)5-2)20-22-19(23-28-20)14-6-7-16-17(9-14)27-12-26-16/h4,6-7,9,13,15,18,21,24H,1,5,8,10-12H2,2-3H3/t13-,15+,18-/m0/s1. The minimum absolute atomic E-state index is 0.172. The lowest BCUT2D eigenvalue weighted by atomic mass is 9.99. The molecule has 0 aliphatic carbocycles. The molecule has 3 atom stereocenters. The maximum absolute atomic E-state index is 10.1. The Morgan fingerprint density at radius 2 is 2.18 bits per heavy atom. The molecular formula is C20H27N3O5. The molecule has 8 heteroatoms. The number of aromatic nitrogens is 2. The number of hydrogen-bond acceptors (Lipinski definition) is 8. The Hall–Kier alpha value is -2.42. The molecule has 0 unspecified atom stereocenters. The van der Waals surface area contributed by atoms with Gasteiger partial charge in [0.2, 0.25) is 18.5 Å². The first-order chi connectivity index (χ1) is 13.6. The molecule has 1 aromatic heterocycles. The molecule has 0 fully saturated rings. The van der Waals surface area contributed by atoms with Crippen LogP contribution in [-0.4, -0.2) is 47.9 Å². The van der Waals surface area contributed by atoms with E-state index in [1.807, 2.05) is 18.2 Å². The number of ether oxygens (including phenoxy) is 3. The smallest absolute Gasteiger partial charge is 0.244 e. The molecule has 1 aliphatic heterocycles. The van der Waals surface area contributed by atoms with Gasteiger partial charge in [-0.3, -0.25) is 0 Å². The first kappa shape index (κ1) is 20.3. The third kappa shape index (κ3) is 4.89. The fourth-order valence-corrected chi connectivity index (χ4v) is 2.89. The Balaban J connectivity index is 1.68. The summed E-state index contributed by atoms with van der Waals surface area (Å²) in [6, 6.07) is 5.37. The van der Waals surface area contributed by atoms with Crippen LogP contribution in [0.3, 0.4) is 0 Å². The molecule has 1 aromatic carbocycles. The highest BCUT2D eigenvalue weighted by Crippen LogP contribution is 2.35. The quantitative estimate of drug-likeness (QED) is 0.447. The zero-order valence-corrected chi connectivity index (χ0v) is 16.3. The van der Waals surface area contributed by atoms with E-state index < -0.39 is 6.10 Å². The Kier molecular flexibility index (Phi) is 7.02. The molecule has 0 saturated heterocycles. The predicted octanol–water partition coefficient (Wildman–Crippen LogP) is 2.71. The number of aliphatic hydroxyl groups excluding tert-OH is 1. The van der Waals surface area contributed by atoms with Gasteiger partial charge < -0.3 is 29.2 Å². The van der Waals surface area contributed by atoms with Crippen molar-refractivity contribution in [2.24, 2.45) is 5.92 Å². The molecule has 1 aliphatic rings. The van der Waals surface area contributed by atoms with E-state index in [2.05, 4.69) is 35.9 Å². The maximum atomic E-state index is 10.1. The number of fused-ring (bicyclic) bond motifs is 1. The molecule has 0 spiro atoms. The van der Waals surface area contributed by atoms with Gasteiger partial charge in [0, 0.05) is 12.1 Å². The van der Waals surface area contributed by atoms with Gasteiger partial charge in [0.25, 0.3) is 0 Å². The molecule has 0 saturated carbocycles. The van der Waals surface area contributed by atoms with Gasteiger partial charge >= 0.3 is 0 Å². The van der Waals surface area contributed by atoms with Crippen LogP contribution in [0.25, 0.3) is 11.4 Å². The molecule has 3 rings (SSSR count). The molecule has 0 radical (unpaired) electrons. The lowest BCUT2D eigenvalue weighted by Crippen LogP contribution is -2.35. The highest BCUT2D eigenvalue weighted by molar-refractivity contribution is 5.61. The summed E-state index contributed by atoms with van der Waals surface area (Å²) in [6.07, 6.45) is 1.93. The van der Waals surface area contributed by atoms with E-state index >= 15 is 0 Å². The summed E-state index contributed by atoms with van der Waals surface area (Å²) in [5, 5.41) is 17.5. The van der Waals surface area contributed by atoms with Crippen LogP contribution in [0.15, 0.2) is 35.4 Å². The summed E-state index contributed by atoms with van der Waals surface area (Å²) in [5.41, 5.74) is 0.792. The topological polar surface area (TPSA) is 98.9 Å². The Bertz CT molecular complexity index is 779. The molecule has 2 aromatic rings. The van der Waals surface area contributed by atoms with E-state index in [0.29, 0.717) is 36.4 Å². The van der Waals surface area contributed by atoms with Crippen molar-refractivity contribution in [3.63, 3.8) is 0 Å². The van der Waals surface area contributed by atoms with Gasteiger partial charge in [-0.25, -0.2) is 0 Å². The fraction of sp³-hybridized carbons (Fsp3) is 0.500. The number of aliphatic hydroxyl groups is 1. The van der Waals surface area contributed by atoms with Crippen LogP contribution in [0.2, 0.25) is 0 Å². The lowest BCUT2D eigenvalue weighted by molar-refractivity contribution is 0.0457. The van der Waals surface area contributed by atoms with E-state index in [1.54, 1.807) is 6.08 Å². The van der Waals surface area contributed by atoms with Gasteiger partial charge in [-0.05, 0) is 24.1 Å². The van der Waals surface area contributed by atoms with Crippen LogP contribution in [0.1, 0.15) is 32.2 Å². The largest absolute Gasteiger partial charge is 0.454 e. The van der Waals surface area contributed by atoms with Gasteiger partial charge in [0.15, 0.2) is 11.5 Å². The normalized spacial score (nSPS) is 16.0. The molecule has 8 nitrogen and oxygen atoms in total. The number of nitrogens with one attached hydrogen (secondary N) is 1. The van der Waals surface area contributed by atoms with Gasteiger partial charge in [-0.15, -0.1) is 6.58 Å². The summed E-state index contributed by atoms with van der Waals surface area (Å²) in [4.78, 5) is 4.57. The molecule has 2 N–H and O–H groups in total. The van der Waals surface area contributed by atoms with Crippen LogP contribution >= 0.6 is 0 Å². The van der Waals surface area contributed by atoms with Crippen molar-refractivity contribution in [1.82, 2.24) is 15.5 Å². The second kappa shape index (κ2) is 9.68. The van der Waals surface area contributed by atoms with Crippen molar-refractivity contribution in [3.05, 3.63) is 36.7 Å². The minimum Gasteiger partial charge on any atom is -0.454 e. The minimum atomic E-state index is -0.636. The highest BCUT2D eigenvalue weighted by atomic mass is 16.7. The van der Waals surface area contributed by atoms with Crippen molar-refractivity contribution in [3.8, 4) is 22.9 Å². The van der Waals surface area contributed by atoms with Gasteiger partial charge in [0.1, 0.15) is 0 Å². The first-order valence-corrected chi connectivity index (χ1v) is 9.46. The molecule has 152 valence electrons. The average molecular weight is 389 g/mol. The number of benzene rings is 1. The van der Waals surface area contributed by atoms with Gasteiger partial charge in [-0.2, -0.15) is 4.98 Å². The summed E-state index contributed by atoms with van der Waals surface area (Å²) in [5.74, 6) is 2.59. The van der Waals surface area contributed by atoms with Gasteiger partial charge in [-0.1, -0.05) is 31.5 Å². The summed E-state index contributed by atoms with van der Waals surface area (Å²) in [6.45, 7) is 9.00. The van der Waals surface area contributed by atoms with E-state index in [1.165, 1.54) is 0 Å². The van der Waals surface area contributed by atoms with E-state index in [0.717, 1.165) is 12.0 Å². The third-order valence-electron chi connectivity index (χ3n) is 4.67. The average Bonchev–Trinajstić information content (AvgIpc) is 3.37. The summed E-state index contributed by atoms with van der Waals surface area (Å²) in [7, 11) is 0. The fourth-order valence-electron chi connectivity index (χ4n) is 2.89. The zero-order valence-electron chi connectivity index (χ0n) is 16.3. The lowest BCUT2D eigenvalue weighted by Gasteiger charge is -2.22. The van der Waals surface area contributed by atoms with Crippen LogP contribution in [-0.2, 0) is 4.74 Å². The van der Waals surface area contributed by atoms with Crippen molar-refractivity contribution >= 4 is 0 Å². The molecular weight excluding hydrogens is 362 g/mol. The Morgan fingerprint density at radius 3 is 2.96 bits per heavy atom. The van der Waals surface area contributed by atoms with Crippen LogP contribution in [0.4, 0.5) is 0 Å². The predicted molar refractivity (Wildman–Crippen MR) is 103 cm³/mol. The monoisotopic (exact) mass is 389 g/mol. The summed E-state index contributed by atoms with van der Waals surface area (Å²) < 4.78 is 21.6. The SMILES string of the molecule is C=CCOC[C@H](O)CN[C@H](c1nc(-c2ccc3c(c2)OCO3)no1)[C@@H](C)CC. The molecule has 28 heavy (non-hydrogen) atoms. The molecule has 0 bridgehead atoms. The zero-order chi connectivity index (χ0) is 19.9. The van der Waals surface area contributed by atoms with Crippen molar-refractivity contribution in [2.45, 2.75) is 32.4 Å². The first-order valence-electron chi connectivity index (χ1n) is 9.46. The van der Waals surface area contributed by atoms with Crippen molar-refractivity contribution in [1.29, 1.82) is 0 Å². The number of hydrogen-bond donors (Lipinski definition) is 2. The summed E-state index contributed by atoms with van der Waals surface area (Å²) >= 11 is 0. The van der Waals surface area contributed by atoms with Gasteiger partial charge in [0.05, 0.1) is 25.4 Å². The van der Waals surface area contributed by atoms with E-state index in [9.17, 15) is 5.11 Å². The Labute approximate surface area is 164 Å². The number of rotatable bonds is 11. The highest BCUT2D eigenvalue weighted by Gasteiger charge is 2.25. The third-order valence-corrected chi connectivity index (χ3v) is 4.67. The number of nitrogens with zero attached hydrogens (tertiary/aromatic N) is 2. The molecule has 0 amide bonds. The molecule has 2 heterocycles. The van der Waals surface area contributed by atoms with Crippen LogP contribution < -0.4 is 14.8 Å². The van der Waals surface area contributed by atoms with E-state index in [-0.39, 0.29) is 25.4 Å². The maximum Gasteiger partial charge on any atom is 0.244 e. The van der Waals surface area contributed by atoms with E-state index in [4.69, 9.17) is 18.7 Å². The van der Waals surface area contributed by atoms with Crippen molar-refractivity contribution in [2.75, 3.05) is 26.6 Å². The second-order valence-electron chi connectivity index (χ2n) is 6.78. The van der Waals surface area contributed by atoms with Crippen LogP contribution in [0.5, 0.6) is 11.5 Å². The van der Waals surface area contributed by atoms with Crippen molar-refractivity contribution < 1.29 is 23.8 Å². The Morgan fingerprint density at radius 1 is 1.36 bits per heavy atom.